The lowest BCUT2D eigenvalue weighted by Crippen LogP contribution is -2.42. The number of aliphatic hydroxyl groups excluding tert-OH is 1. The summed E-state index contributed by atoms with van der Waals surface area (Å²) in [5.74, 6) is -1.18. The van der Waals surface area contributed by atoms with Crippen molar-refractivity contribution in [3.05, 3.63) is 40.7 Å². The number of hydrogen-bond acceptors (Lipinski definition) is 5. The minimum absolute atomic E-state index is 0.0818. The lowest BCUT2D eigenvalue weighted by molar-refractivity contribution is -0.148. The molecule has 1 N–H and O–H groups in total. The lowest BCUT2D eigenvalue weighted by atomic mass is 9.63. The molecule has 2 bridgehead atoms. The fraction of sp³-hybridized carbons (Fsp3) is 0.526. The number of rotatable bonds is 3. The summed E-state index contributed by atoms with van der Waals surface area (Å²) in [7, 11) is 2.39. The average molecular weight is 490 g/mol. The number of ether oxygens (including phenoxy) is 1. The Morgan fingerprint density at radius 1 is 1.50 bits per heavy atom. The van der Waals surface area contributed by atoms with Gasteiger partial charge in [0.15, 0.2) is 11.6 Å². The SMILES string of the molecule is C=C1C2CCC3c4cc(F)c(OSI)c(C)c4C(C(=O)OC)C3(C2)C1O. The third kappa shape index (κ3) is 2.19. The van der Waals surface area contributed by atoms with Crippen LogP contribution < -0.4 is 4.18 Å². The highest BCUT2D eigenvalue weighted by Gasteiger charge is 2.67. The van der Waals surface area contributed by atoms with Crippen molar-refractivity contribution in [1.82, 2.24) is 0 Å². The van der Waals surface area contributed by atoms with Gasteiger partial charge in [0.25, 0.3) is 0 Å². The molecule has 5 atom stereocenters. The highest BCUT2D eigenvalue weighted by Crippen LogP contribution is 2.71. The van der Waals surface area contributed by atoms with Crippen LogP contribution in [0.15, 0.2) is 18.2 Å². The lowest BCUT2D eigenvalue weighted by Gasteiger charge is -2.41. The van der Waals surface area contributed by atoms with Gasteiger partial charge < -0.3 is 14.0 Å². The van der Waals surface area contributed by atoms with Gasteiger partial charge in [0.2, 0.25) is 0 Å². The van der Waals surface area contributed by atoms with Gasteiger partial charge in [-0.25, -0.2) is 4.39 Å². The number of halogens is 2. The van der Waals surface area contributed by atoms with E-state index in [-0.39, 0.29) is 23.6 Å². The van der Waals surface area contributed by atoms with Crippen LogP contribution in [0.3, 0.4) is 0 Å². The number of benzene rings is 1. The monoisotopic (exact) mass is 490 g/mol. The minimum Gasteiger partial charge on any atom is -0.469 e. The number of carbonyl (C=O) groups is 1. The van der Waals surface area contributed by atoms with Crippen molar-refractivity contribution in [2.75, 3.05) is 7.11 Å². The molecule has 1 aromatic rings. The Morgan fingerprint density at radius 3 is 2.88 bits per heavy atom. The first-order valence-electron chi connectivity index (χ1n) is 8.61. The van der Waals surface area contributed by atoms with Crippen LogP contribution in [0, 0.1) is 24.1 Å². The zero-order valence-electron chi connectivity index (χ0n) is 14.6. The molecule has 4 nitrogen and oxygen atoms in total. The molecule has 26 heavy (non-hydrogen) atoms. The Kier molecular flexibility index (Phi) is 4.55. The summed E-state index contributed by atoms with van der Waals surface area (Å²) in [5.41, 5.74) is 2.30. The molecule has 5 unspecified atom stereocenters. The second-order valence-electron chi connectivity index (χ2n) is 7.54. The van der Waals surface area contributed by atoms with Gasteiger partial charge in [-0.2, -0.15) is 0 Å². The highest BCUT2D eigenvalue weighted by molar-refractivity contribution is 14.2. The minimum atomic E-state index is -0.790. The first-order chi connectivity index (χ1) is 12.4. The van der Waals surface area contributed by atoms with Crippen LogP contribution in [-0.4, -0.2) is 24.3 Å². The van der Waals surface area contributed by atoms with Gasteiger partial charge in [0.05, 0.1) is 19.1 Å². The van der Waals surface area contributed by atoms with Crippen LogP contribution in [0.5, 0.6) is 5.75 Å². The van der Waals surface area contributed by atoms with Crippen molar-refractivity contribution >= 4 is 36.4 Å². The van der Waals surface area contributed by atoms with E-state index < -0.39 is 23.3 Å². The number of carbonyl (C=O) groups excluding carboxylic acids is 1. The maximum atomic E-state index is 14.7. The number of methoxy groups -OCH3 is 1. The molecule has 0 saturated heterocycles. The van der Waals surface area contributed by atoms with E-state index in [2.05, 4.69) is 6.58 Å². The smallest absolute Gasteiger partial charge is 0.313 e. The molecule has 1 aromatic carbocycles. The summed E-state index contributed by atoms with van der Waals surface area (Å²) in [6.07, 6.45) is 1.60. The number of esters is 1. The predicted octanol–water partition coefficient (Wildman–Crippen LogP) is 4.58. The van der Waals surface area contributed by atoms with E-state index in [1.165, 1.54) is 13.2 Å². The van der Waals surface area contributed by atoms with Crippen molar-refractivity contribution in [3.8, 4) is 5.75 Å². The van der Waals surface area contributed by atoms with E-state index in [0.717, 1.165) is 38.8 Å². The van der Waals surface area contributed by atoms with Gasteiger partial charge in [0.1, 0.15) is 9.21 Å². The number of fused-ring (bicyclic) bond motifs is 3. The molecule has 0 heterocycles. The second-order valence-corrected chi connectivity index (χ2v) is 8.91. The maximum absolute atomic E-state index is 14.7. The third-order valence-electron chi connectivity index (χ3n) is 6.75. The van der Waals surface area contributed by atoms with E-state index >= 15 is 0 Å². The Bertz CT molecular complexity index is 813. The van der Waals surface area contributed by atoms with E-state index in [4.69, 9.17) is 8.92 Å². The molecule has 2 fully saturated rings. The highest BCUT2D eigenvalue weighted by atomic mass is 127. The molecule has 140 valence electrons. The van der Waals surface area contributed by atoms with Gasteiger partial charge in [-0.05, 0) is 60.8 Å². The van der Waals surface area contributed by atoms with Crippen LogP contribution in [0.4, 0.5) is 4.39 Å². The van der Waals surface area contributed by atoms with Crippen molar-refractivity contribution in [3.63, 3.8) is 0 Å². The fourth-order valence-electron chi connectivity index (χ4n) is 5.74. The quantitative estimate of drug-likeness (QED) is 0.291. The fourth-order valence-corrected chi connectivity index (χ4v) is 6.55. The third-order valence-corrected chi connectivity index (χ3v) is 7.51. The van der Waals surface area contributed by atoms with Gasteiger partial charge in [-0.1, -0.05) is 6.58 Å². The van der Waals surface area contributed by atoms with Crippen LogP contribution in [0.2, 0.25) is 0 Å². The Morgan fingerprint density at radius 2 is 2.23 bits per heavy atom. The summed E-state index contributed by atoms with van der Waals surface area (Å²) < 4.78 is 25.3. The molecule has 3 aliphatic rings. The normalized spacial score (nSPS) is 34.4. The van der Waals surface area contributed by atoms with Gasteiger partial charge in [0, 0.05) is 32.2 Å². The summed E-state index contributed by atoms with van der Waals surface area (Å²) in [5, 5.41) is 11.1. The van der Waals surface area contributed by atoms with Gasteiger partial charge >= 0.3 is 5.97 Å². The van der Waals surface area contributed by atoms with Crippen molar-refractivity contribution in [2.45, 2.75) is 44.1 Å². The predicted molar refractivity (Wildman–Crippen MR) is 106 cm³/mol. The first-order valence-corrected chi connectivity index (χ1v) is 11.9. The molecular formula is C19H20FIO4S. The topological polar surface area (TPSA) is 55.8 Å². The van der Waals surface area contributed by atoms with E-state index in [1.807, 2.05) is 21.2 Å². The number of hydrogen-bond donors (Lipinski definition) is 1. The largest absolute Gasteiger partial charge is 0.469 e. The zero-order chi connectivity index (χ0) is 18.8. The molecule has 0 aromatic heterocycles. The molecule has 0 aliphatic heterocycles. The van der Waals surface area contributed by atoms with Gasteiger partial charge in [-0.15, -0.1) is 0 Å². The Balaban J connectivity index is 1.99. The molecule has 3 aliphatic carbocycles. The Labute approximate surface area is 168 Å². The summed E-state index contributed by atoms with van der Waals surface area (Å²) in [6, 6.07) is 1.49. The Hall–Kier alpha value is -0.800. The molecule has 0 radical (unpaired) electrons. The van der Waals surface area contributed by atoms with Crippen molar-refractivity contribution in [2.24, 2.45) is 11.3 Å². The zero-order valence-corrected chi connectivity index (χ0v) is 17.5. The maximum Gasteiger partial charge on any atom is 0.313 e. The number of aliphatic hydroxyl groups is 1. The van der Waals surface area contributed by atoms with E-state index in [0.29, 0.717) is 12.0 Å². The van der Waals surface area contributed by atoms with Crippen LogP contribution in [0.1, 0.15) is 47.8 Å². The van der Waals surface area contributed by atoms with Crippen LogP contribution in [0.25, 0.3) is 0 Å². The molecule has 0 amide bonds. The van der Waals surface area contributed by atoms with Crippen molar-refractivity contribution in [1.29, 1.82) is 0 Å². The second kappa shape index (κ2) is 6.38. The summed E-state index contributed by atoms with van der Waals surface area (Å²) in [4.78, 5) is 12.9. The standard InChI is InChI=1S/C19H20FIO4S/c1-8-10-4-5-12-11-6-13(20)16(25-26-21)9(2)14(11)15(18(23)24-3)19(12,7-10)17(8)22/h6,10,12,15,17,22H,1,4-5,7H2,2-3H3. The van der Waals surface area contributed by atoms with Crippen LogP contribution in [-0.2, 0) is 9.53 Å². The van der Waals surface area contributed by atoms with Crippen molar-refractivity contribution < 1.29 is 23.2 Å². The molecule has 1 spiro atoms. The molecule has 2 saturated carbocycles. The van der Waals surface area contributed by atoms with E-state index in [9.17, 15) is 14.3 Å². The summed E-state index contributed by atoms with van der Waals surface area (Å²) in [6.45, 7) is 5.88. The molecular weight excluding hydrogens is 470 g/mol. The van der Waals surface area contributed by atoms with Crippen LogP contribution >= 0.6 is 30.4 Å². The van der Waals surface area contributed by atoms with E-state index in [1.54, 1.807) is 6.92 Å². The molecule has 7 heteroatoms. The first kappa shape index (κ1) is 18.6. The molecule has 4 rings (SSSR count). The van der Waals surface area contributed by atoms with Gasteiger partial charge in [-0.3, -0.25) is 4.79 Å². The average Bonchev–Trinajstić information content (AvgIpc) is 3.03. The summed E-state index contributed by atoms with van der Waals surface area (Å²) >= 11 is 1.94.